The van der Waals surface area contributed by atoms with Crippen molar-refractivity contribution >= 4 is 36.5 Å². The molecule has 0 spiro atoms. The summed E-state index contributed by atoms with van der Waals surface area (Å²) in [7, 11) is 0.142. The molecule has 12 nitrogen and oxygen atoms in total. The number of aliphatic imine (C=N–C) groups is 1. The highest BCUT2D eigenvalue weighted by atomic mass is 31.2. The van der Waals surface area contributed by atoms with Crippen LogP contribution in [0.25, 0.3) is 0 Å². The van der Waals surface area contributed by atoms with Crippen LogP contribution in [0, 0.1) is 0 Å². The molecule has 4 aliphatic rings. The van der Waals surface area contributed by atoms with Gasteiger partial charge in [-0.2, -0.15) is 0 Å². The van der Waals surface area contributed by atoms with E-state index < -0.39 is 7.14 Å². The van der Waals surface area contributed by atoms with E-state index in [1.807, 2.05) is 16.0 Å². The Morgan fingerprint density at radius 1 is 0.867 bits per heavy atom. The van der Waals surface area contributed by atoms with E-state index in [-0.39, 0.29) is 62.2 Å². The predicted molar refractivity (Wildman–Crippen MR) is 171 cm³/mol. The topological polar surface area (TPSA) is 139 Å². The number of fused-ring (bicyclic) bond motifs is 4. The molecule has 4 aliphatic heterocycles. The number of methoxy groups -OCH3 is 2. The van der Waals surface area contributed by atoms with Gasteiger partial charge in [-0.25, -0.2) is 0 Å². The number of aliphatic hydroxyl groups is 1. The molecular formula is C32H41N4O8P. The largest absolute Gasteiger partial charge is 0.493 e. The van der Waals surface area contributed by atoms with E-state index in [1.54, 1.807) is 24.3 Å². The van der Waals surface area contributed by atoms with Crippen LogP contribution in [-0.4, -0.2) is 117 Å². The number of rotatable bonds is 12. The molecule has 0 aromatic heterocycles. The summed E-state index contributed by atoms with van der Waals surface area (Å²) in [5.74, 6) is 1.61. The van der Waals surface area contributed by atoms with Crippen LogP contribution in [0.3, 0.4) is 0 Å². The highest BCUT2D eigenvalue weighted by molar-refractivity contribution is 7.64. The van der Waals surface area contributed by atoms with E-state index in [0.29, 0.717) is 58.6 Å². The standard InChI is InChI=1S/C32H41N4O8P/c1-41-27-15-23-25(33-19-21-5-3-7-35(21)31(23)38)17-29(27)43-10-13-45(40,12-9-37)14-11-44-30-18-26-24(16-28(30)42-2)32(39)36-8-4-6-22(36)20-34-26/h15-19,21-22,34,37H,3-14,20H2,1-2H3/t21-,22-,45?/m0/s1. The molecule has 1 unspecified atom stereocenters. The summed E-state index contributed by atoms with van der Waals surface area (Å²) >= 11 is 0. The summed E-state index contributed by atoms with van der Waals surface area (Å²) < 4.78 is 37.0. The molecule has 2 aromatic carbocycles. The van der Waals surface area contributed by atoms with Crippen molar-refractivity contribution in [3.8, 4) is 23.0 Å². The predicted octanol–water partition coefficient (Wildman–Crippen LogP) is 3.87. The molecule has 0 radical (unpaired) electrons. The van der Waals surface area contributed by atoms with Crippen molar-refractivity contribution in [1.29, 1.82) is 0 Å². The van der Waals surface area contributed by atoms with Gasteiger partial charge in [-0.15, -0.1) is 0 Å². The minimum atomic E-state index is -2.89. The van der Waals surface area contributed by atoms with Crippen LogP contribution in [0.2, 0.25) is 0 Å². The van der Waals surface area contributed by atoms with Gasteiger partial charge in [0.25, 0.3) is 11.8 Å². The van der Waals surface area contributed by atoms with Crippen molar-refractivity contribution in [3.05, 3.63) is 35.4 Å². The van der Waals surface area contributed by atoms with Gasteiger partial charge in [-0.05, 0) is 37.8 Å². The number of carbonyl (C=O) groups is 2. The number of nitrogens with zero attached hydrogens (tertiary/aromatic N) is 3. The highest BCUT2D eigenvalue weighted by Crippen LogP contribution is 2.46. The summed E-state index contributed by atoms with van der Waals surface area (Å²) in [6.45, 7) is 2.15. The zero-order chi connectivity index (χ0) is 31.6. The molecule has 6 rings (SSSR count). The van der Waals surface area contributed by atoms with Gasteiger partial charge in [-0.3, -0.25) is 14.6 Å². The summed E-state index contributed by atoms with van der Waals surface area (Å²) in [6.07, 6.45) is 6.20. The second kappa shape index (κ2) is 13.3. The van der Waals surface area contributed by atoms with Gasteiger partial charge >= 0.3 is 0 Å². The Labute approximate surface area is 263 Å². The summed E-state index contributed by atoms with van der Waals surface area (Å²) in [5.41, 5.74) is 2.23. The lowest BCUT2D eigenvalue weighted by Gasteiger charge is -2.21. The van der Waals surface area contributed by atoms with Gasteiger partial charge < -0.3 is 43.7 Å². The van der Waals surface area contributed by atoms with Gasteiger partial charge in [0.15, 0.2) is 23.0 Å². The molecule has 0 bridgehead atoms. The lowest BCUT2D eigenvalue weighted by molar-refractivity contribution is 0.0747. The fourth-order valence-electron chi connectivity index (χ4n) is 6.64. The highest BCUT2D eigenvalue weighted by Gasteiger charge is 2.35. The van der Waals surface area contributed by atoms with Crippen molar-refractivity contribution in [1.82, 2.24) is 9.80 Å². The lowest BCUT2D eigenvalue weighted by Crippen LogP contribution is -2.36. The first-order valence-electron chi connectivity index (χ1n) is 15.6. The fourth-order valence-corrected chi connectivity index (χ4v) is 8.52. The third-order valence-electron chi connectivity index (χ3n) is 9.18. The molecule has 13 heteroatoms. The molecule has 45 heavy (non-hydrogen) atoms. The number of amides is 2. The van der Waals surface area contributed by atoms with E-state index in [2.05, 4.69) is 10.3 Å². The Morgan fingerprint density at radius 2 is 1.51 bits per heavy atom. The maximum atomic E-state index is 13.8. The molecule has 4 heterocycles. The second-order valence-corrected chi connectivity index (χ2v) is 15.3. The SMILES string of the molecule is COc1cc2c(cc1OCCP(=O)(CCO)CCOc1cc3c(cc1OC)C(=O)N1CCC[C@H]1CN3)N=C[C@@H]1CCCN1C2=O. The third kappa shape index (κ3) is 6.35. The van der Waals surface area contributed by atoms with Crippen molar-refractivity contribution in [2.45, 2.75) is 37.8 Å². The molecule has 3 atom stereocenters. The van der Waals surface area contributed by atoms with Crippen molar-refractivity contribution in [2.75, 3.05) is 77.5 Å². The average Bonchev–Trinajstić information content (AvgIpc) is 3.67. The molecule has 2 fully saturated rings. The lowest BCUT2D eigenvalue weighted by atomic mass is 10.1. The zero-order valence-electron chi connectivity index (χ0n) is 25.8. The molecular weight excluding hydrogens is 599 g/mol. The number of benzene rings is 2. The second-order valence-electron chi connectivity index (χ2n) is 11.9. The normalized spacial score (nSPS) is 21.5. The van der Waals surface area contributed by atoms with Crippen molar-refractivity contribution in [2.24, 2.45) is 4.99 Å². The molecule has 2 aromatic rings. The first kappa shape index (κ1) is 31.2. The van der Waals surface area contributed by atoms with E-state index >= 15 is 0 Å². The average molecular weight is 641 g/mol. The number of ether oxygens (including phenoxy) is 4. The Kier molecular flexibility index (Phi) is 9.23. The van der Waals surface area contributed by atoms with Crippen LogP contribution < -0.4 is 24.3 Å². The quantitative estimate of drug-likeness (QED) is 0.331. The van der Waals surface area contributed by atoms with E-state index in [4.69, 9.17) is 18.9 Å². The monoisotopic (exact) mass is 640 g/mol. The number of anilines is 1. The maximum Gasteiger partial charge on any atom is 0.256 e. The molecule has 2 saturated heterocycles. The first-order chi connectivity index (χ1) is 21.8. The zero-order valence-corrected chi connectivity index (χ0v) is 26.7. The Balaban J connectivity index is 1.10. The summed E-state index contributed by atoms with van der Waals surface area (Å²) in [4.78, 5) is 34.7. The molecule has 242 valence electrons. The Hall–Kier alpha value is -3.76. The fraction of sp³-hybridized carbons (Fsp3) is 0.531. The van der Waals surface area contributed by atoms with E-state index in [0.717, 1.165) is 32.2 Å². The number of carbonyl (C=O) groups excluding carboxylic acids is 2. The third-order valence-corrected chi connectivity index (χ3v) is 12.2. The Bertz CT molecular complexity index is 1530. The van der Waals surface area contributed by atoms with Crippen LogP contribution in [0.15, 0.2) is 29.3 Å². The molecule has 2 amide bonds. The maximum absolute atomic E-state index is 13.8. The Morgan fingerprint density at radius 3 is 2.22 bits per heavy atom. The van der Waals surface area contributed by atoms with Gasteiger partial charge in [0.1, 0.15) is 0 Å². The van der Waals surface area contributed by atoms with E-state index in [9.17, 15) is 19.3 Å². The van der Waals surface area contributed by atoms with Gasteiger partial charge in [0, 0.05) is 69.1 Å². The number of nitrogens with one attached hydrogen (secondary N) is 1. The molecule has 0 aliphatic carbocycles. The van der Waals surface area contributed by atoms with Crippen LogP contribution in [0.4, 0.5) is 11.4 Å². The molecule has 0 saturated carbocycles. The number of aliphatic hydroxyl groups excluding tert-OH is 1. The smallest absolute Gasteiger partial charge is 0.256 e. The van der Waals surface area contributed by atoms with Crippen LogP contribution >= 0.6 is 7.14 Å². The van der Waals surface area contributed by atoms with Crippen LogP contribution in [-0.2, 0) is 4.57 Å². The number of hydrogen-bond acceptors (Lipinski definition) is 10. The van der Waals surface area contributed by atoms with Gasteiger partial charge in [0.2, 0.25) is 0 Å². The van der Waals surface area contributed by atoms with Gasteiger partial charge in [0.05, 0.1) is 63.1 Å². The summed E-state index contributed by atoms with van der Waals surface area (Å²) in [5, 5.41) is 13.1. The van der Waals surface area contributed by atoms with Gasteiger partial charge in [-0.1, -0.05) is 0 Å². The van der Waals surface area contributed by atoms with Crippen molar-refractivity contribution in [3.63, 3.8) is 0 Å². The molecule has 2 N–H and O–H groups in total. The summed E-state index contributed by atoms with van der Waals surface area (Å²) in [6, 6.07) is 7.00. The van der Waals surface area contributed by atoms with Crippen molar-refractivity contribution < 1.29 is 38.2 Å². The number of hydrogen-bond donors (Lipinski definition) is 2. The minimum absolute atomic E-state index is 0.00549. The van der Waals surface area contributed by atoms with Crippen LogP contribution in [0.1, 0.15) is 46.4 Å². The minimum Gasteiger partial charge on any atom is -0.493 e. The van der Waals surface area contributed by atoms with Crippen LogP contribution in [0.5, 0.6) is 23.0 Å². The van der Waals surface area contributed by atoms with E-state index in [1.165, 1.54) is 14.2 Å². The first-order valence-corrected chi connectivity index (χ1v) is 17.9.